The summed E-state index contributed by atoms with van der Waals surface area (Å²) in [6, 6.07) is 17.6. The third-order valence-electron chi connectivity index (χ3n) is 6.35. The van der Waals surface area contributed by atoms with E-state index in [0.29, 0.717) is 25.9 Å². The standard InChI is InChI=1S/C24H33N3O3S/c1-4-26(5-2)22-14-12-21(13-15-22)25-23(28)24(20-10-8-7-9-11-20)16-18-27(19-17-24)31(29,30)6-3/h7-15H,4-6,16-19H2,1-3H3,(H,25,28). The molecular weight excluding hydrogens is 410 g/mol. The summed E-state index contributed by atoms with van der Waals surface area (Å²) >= 11 is 0. The minimum absolute atomic E-state index is 0.0798. The van der Waals surface area contributed by atoms with Crippen LogP contribution in [-0.2, 0) is 20.2 Å². The first-order valence-corrected chi connectivity index (χ1v) is 12.7. The van der Waals surface area contributed by atoms with E-state index < -0.39 is 15.4 Å². The van der Waals surface area contributed by atoms with Gasteiger partial charge in [0.05, 0.1) is 11.2 Å². The van der Waals surface area contributed by atoms with Crippen molar-refractivity contribution in [2.45, 2.75) is 39.0 Å². The number of carbonyl (C=O) groups excluding carboxylic acids is 1. The van der Waals surface area contributed by atoms with Crippen LogP contribution in [-0.4, -0.2) is 50.6 Å². The Balaban J connectivity index is 1.83. The zero-order chi connectivity index (χ0) is 22.5. The second kappa shape index (κ2) is 9.83. The van der Waals surface area contributed by atoms with Crippen molar-refractivity contribution >= 4 is 27.3 Å². The lowest BCUT2D eigenvalue weighted by Gasteiger charge is -2.40. The molecule has 1 heterocycles. The van der Waals surface area contributed by atoms with Crippen molar-refractivity contribution in [1.29, 1.82) is 0 Å². The molecule has 0 bridgehead atoms. The average Bonchev–Trinajstić information content (AvgIpc) is 2.81. The highest BCUT2D eigenvalue weighted by Gasteiger charge is 2.44. The number of sulfonamides is 1. The smallest absolute Gasteiger partial charge is 0.235 e. The molecular formula is C24H33N3O3S. The molecule has 0 aliphatic carbocycles. The molecule has 2 aromatic rings. The summed E-state index contributed by atoms with van der Waals surface area (Å²) in [4.78, 5) is 15.8. The van der Waals surface area contributed by atoms with Gasteiger partial charge in [0.2, 0.25) is 15.9 Å². The lowest BCUT2D eigenvalue weighted by atomic mass is 9.72. The zero-order valence-corrected chi connectivity index (χ0v) is 19.5. The first-order valence-electron chi connectivity index (χ1n) is 11.1. The largest absolute Gasteiger partial charge is 0.372 e. The lowest BCUT2D eigenvalue weighted by molar-refractivity contribution is -0.123. The van der Waals surface area contributed by atoms with E-state index in [1.165, 1.54) is 4.31 Å². The molecule has 7 heteroatoms. The highest BCUT2D eigenvalue weighted by molar-refractivity contribution is 7.89. The number of hydrogen-bond donors (Lipinski definition) is 1. The SMILES string of the molecule is CCN(CC)c1ccc(NC(=O)C2(c3ccccc3)CCN(S(=O)(=O)CC)CC2)cc1. The van der Waals surface area contributed by atoms with Gasteiger partial charge in [0.1, 0.15) is 0 Å². The number of amides is 1. The van der Waals surface area contributed by atoms with Crippen LogP contribution in [0.5, 0.6) is 0 Å². The van der Waals surface area contributed by atoms with Crippen LogP contribution in [0.4, 0.5) is 11.4 Å². The number of piperidine rings is 1. The fraction of sp³-hybridized carbons (Fsp3) is 0.458. The molecule has 1 aliphatic rings. The van der Waals surface area contributed by atoms with Crippen molar-refractivity contribution < 1.29 is 13.2 Å². The molecule has 0 saturated carbocycles. The van der Waals surface area contributed by atoms with Crippen LogP contribution in [0.1, 0.15) is 39.2 Å². The predicted octanol–water partition coefficient (Wildman–Crippen LogP) is 3.85. The minimum atomic E-state index is -3.26. The highest BCUT2D eigenvalue weighted by Crippen LogP contribution is 2.37. The van der Waals surface area contributed by atoms with Crippen molar-refractivity contribution in [2.24, 2.45) is 0 Å². The quantitative estimate of drug-likeness (QED) is 0.673. The van der Waals surface area contributed by atoms with Gasteiger partial charge in [-0.1, -0.05) is 30.3 Å². The van der Waals surface area contributed by atoms with E-state index in [0.717, 1.165) is 30.0 Å². The van der Waals surface area contributed by atoms with Gasteiger partial charge in [-0.05, 0) is 63.4 Å². The molecule has 3 rings (SSSR count). The molecule has 0 spiro atoms. The van der Waals surface area contributed by atoms with Crippen molar-refractivity contribution in [3.8, 4) is 0 Å². The van der Waals surface area contributed by atoms with Gasteiger partial charge in [0, 0.05) is 37.6 Å². The lowest BCUT2D eigenvalue weighted by Crippen LogP contribution is -2.51. The van der Waals surface area contributed by atoms with E-state index in [1.54, 1.807) is 6.92 Å². The number of carbonyl (C=O) groups is 1. The van der Waals surface area contributed by atoms with Crippen LogP contribution in [0.15, 0.2) is 54.6 Å². The summed E-state index contributed by atoms with van der Waals surface area (Å²) in [6.45, 7) is 8.44. The maximum absolute atomic E-state index is 13.6. The van der Waals surface area contributed by atoms with Gasteiger partial charge in [-0.25, -0.2) is 12.7 Å². The van der Waals surface area contributed by atoms with Crippen LogP contribution in [0.25, 0.3) is 0 Å². The minimum Gasteiger partial charge on any atom is -0.372 e. The Bertz CT molecular complexity index is 963. The molecule has 168 valence electrons. The average molecular weight is 444 g/mol. The van der Waals surface area contributed by atoms with Gasteiger partial charge >= 0.3 is 0 Å². The molecule has 1 amide bonds. The fourth-order valence-corrected chi connectivity index (χ4v) is 5.43. The molecule has 6 nitrogen and oxygen atoms in total. The van der Waals surface area contributed by atoms with E-state index in [4.69, 9.17) is 0 Å². The molecule has 31 heavy (non-hydrogen) atoms. The van der Waals surface area contributed by atoms with Crippen molar-refractivity contribution in [3.05, 3.63) is 60.2 Å². The number of hydrogen-bond acceptors (Lipinski definition) is 4. The van der Waals surface area contributed by atoms with E-state index in [2.05, 4.69) is 24.1 Å². The summed E-state index contributed by atoms with van der Waals surface area (Å²) in [5.41, 5.74) is 2.05. The summed E-state index contributed by atoms with van der Waals surface area (Å²) in [6.07, 6.45) is 0.916. The molecule has 0 unspecified atom stereocenters. The third kappa shape index (κ3) is 4.93. The van der Waals surface area contributed by atoms with Gasteiger partial charge in [-0.3, -0.25) is 4.79 Å². The second-order valence-corrected chi connectivity index (χ2v) is 10.2. The fourth-order valence-electron chi connectivity index (χ4n) is 4.33. The zero-order valence-electron chi connectivity index (χ0n) is 18.7. The van der Waals surface area contributed by atoms with E-state index in [1.807, 2.05) is 54.6 Å². The predicted molar refractivity (Wildman–Crippen MR) is 127 cm³/mol. The van der Waals surface area contributed by atoms with Gasteiger partial charge in [-0.15, -0.1) is 0 Å². The van der Waals surface area contributed by atoms with Crippen LogP contribution in [0, 0.1) is 0 Å². The number of benzene rings is 2. The molecule has 2 aromatic carbocycles. The van der Waals surface area contributed by atoms with Crippen molar-refractivity contribution in [1.82, 2.24) is 4.31 Å². The highest BCUT2D eigenvalue weighted by atomic mass is 32.2. The van der Waals surface area contributed by atoms with E-state index in [9.17, 15) is 13.2 Å². The number of nitrogens with zero attached hydrogens (tertiary/aromatic N) is 2. The van der Waals surface area contributed by atoms with Crippen molar-refractivity contribution in [3.63, 3.8) is 0 Å². The van der Waals surface area contributed by atoms with Crippen molar-refractivity contribution in [2.75, 3.05) is 42.1 Å². The first kappa shape index (κ1) is 23.3. The third-order valence-corrected chi connectivity index (χ3v) is 8.23. The maximum Gasteiger partial charge on any atom is 0.235 e. The Kier molecular flexibility index (Phi) is 7.38. The summed E-state index contributed by atoms with van der Waals surface area (Å²) in [7, 11) is -3.26. The summed E-state index contributed by atoms with van der Waals surface area (Å²) in [5.74, 6) is -0.000926. The van der Waals surface area contributed by atoms with E-state index in [-0.39, 0.29) is 11.7 Å². The summed E-state index contributed by atoms with van der Waals surface area (Å²) in [5, 5.41) is 3.10. The Morgan fingerprint density at radius 2 is 1.55 bits per heavy atom. The molecule has 1 aliphatic heterocycles. The Labute approximate surface area is 186 Å². The van der Waals surface area contributed by atoms with Crippen LogP contribution >= 0.6 is 0 Å². The second-order valence-electron chi connectivity index (χ2n) is 7.92. The normalized spacial score (nSPS) is 16.6. The maximum atomic E-state index is 13.6. The molecule has 0 atom stereocenters. The molecule has 1 N–H and O–H groups in total. The van der Waals surface area contributed by atoms with Gasteiger partial charge < -0.3 is 10.2 Å². The van der Waals surface area contributed by atoms with Gasteiger partial charge in [-0.2, -0.15) is 0 Å². The van der Waals surface area contributed by atoms with Crippen LogP contribution in [0.2, 0.25) is 0 Å². The molecule has 1 fully saturated rings. The first-order chi connectivity index (χ1) is 14.9. The molecule has 0 radical (unpaired) electrons. The molecule has 1 saturated heterocycles. The Morgan fingerprint density at radius 3 is 2.06 bits per heavy atom. The number of nitrogens with one attached hydrogen (secondary N) is 1. The Hall–Kier alpha value is -2.38. The number of rotatable bonds is 8. The topological polar surface area (TPSA) is 69.7 Å². The van der Waals surface area contributed by atoms with Crippen LogP contribution in [0.3, 0.4) is 0 Å². The van der Waals surface area contributed by atoms with E-state index >= 15 is 0 Å². The Morgan fingerprint density at radius 1 is 0.968 bits per heavy atom. The molecule has 0 aromatic heterocycles. The van der Waals surface area contributed by atoms with Crippen LogP contribution < -0.4 is 10.2 Å². The number of anilines is 2. The van der Waals surface area contributed by atoms with Gasteiger partial charge in [0.15, 0.2) is 0 Å². The van der Waals surface area contributed by atoms with Gasteiger partial charge in [0.25, 0.3) is 0 Å². The summed E-state index contributed by atoms with van der Waals surface area (Å²) < 4.78 is 26.2. The monoisotopic (exact) mass is 443 g/mol.